The van der Waals surface area contributed by atoms with Gasteiger partial charge in [0.25, 0.3) is 0 Å². The molecule has 3 nitrogen and oxygen atoms in total. The predicted molar refractivity (Wildman–Crippen MR) is 48.5 cm³/mol. The van der Waals surface area contributed by atoms with E-state index in [0.29, 0.717) is 13.2 Å². The van der Waals surface area contributed by atoms with Crippen LogP contribution >= 0.6 is 0 Å². The number of alkyl halides is 3. The second kappa shape index (κ2) is 5.14. The first-order chi connectivity index (χ1) is 6.89. The number of nitrogens with zero attached hydrogens (tertiary/aromatic N) is 1. The van der Waals surface area contributed by atoms with Crippen LogP contribution in [0.2, 0.25) is 0 Å². The topological polar surface area (TPSA) is 32.7 Å². The molecule has 0 saturated carbocycles. The van der Waals surface area contributed by atoms with E-state index in [4.69, 9.17) is 9.84 Å². The van der Waals surface area contributed by atoms with Gasteiger partial charge in [0, 0.05) is 19.7 Å². The van der Waals surface area contributed by atoms with E-state index in [1.165, 1.54) is 4.90 Å². The van der Waals surface area contributed by atoms with Crippen LogP contribution in [0.3, 0.4) is 0 Å². The van der Waals surface area contributed by atoms with Gasteiger partial charge in [-0.15, -0.1) is 0 Å². The maximum Gasteiger partial charge on any atom is 0.415 e. The minimum Gasteiger partial charge on any atom is -0.382 e. The van der Waals surface area contributed by atoms with Crippen LogP contribution in [-0.4, -0.2) is 55.1 Å². The lowest BCUT2D eigenvalue weighted by Gasteiger charge is -2.24. The molecule has 0 amide bonds. The quantitative estimate of drug-likeness (QED) is 0.778. The Morgan fingerprint density at radius 2 is 2.20 bits per heavy atom. The molecule has 1 saturated heterocycles. The highest BCUT2D eigenvalue weighted by atomic mass is 19.4. The van der Waals surface area contributed by atoms with Gasteiger partial charge in [0.2, 0.25) is 0 Å². The van der Waals surface area contributed by atoms with E-state index in [0.717, 1.165) is 12.8 Å². The number of hydrogen-bond acceptors (Lipinski definition) is 3. The molecule has 90 valence electrons. The predicted octanol–water partition coefficient (Wildman–Crippen LogP) is 1.02. The van der Waals surface area contributed by atoms with E-state index < -0.39 is 18.8 Å². The molecule has 0 radical (unpaired) electrons. The molecule has 1 aliphatic rings. The molecule has 0 aromatic rings. The van der Waals surface area contributed by atoms with E-state index in [9.17, 15) is 13.2 Å². The van der Waals surface area contributed by atoms with Gasteiger partial charge in [-0.1, -0.05) is 0 Å². The molecule has 6 heteroatoms. The lowest BCUT2D eigenvalue weighted by molar-refractivity contribution is -0.207. The van der Waals surface area contributed by atoms with Crippen LogP contribution < -0.4 is 0 Å². The van der Waals surface area contributed by atoms with Crippen LogP contribution in [0.5, 0.6) is 0 Å². The van der Waals surface area contributed by atoms with Gasteiger partial charge >= 0.3 is 6.18 Å². The van der Waals surface area contributed by atoms with Crippen LogP contribution in [-0.2, 0) is 4.74 Å². The number of likely N-dealkylation sites (N-methyl/N-ethyl adjacent to an activating group) is 1. The molecule has 0 aromatic carbocycles. The van der Waals surface area contributed by atoms with E-state index >= 15 is 0 Å². The van der Waals surface area contributed by atoms with Crippen molar-refractivity contribution in [3.05, 3.63) is 0 Å². The standard InChI is InChI=1S/C9H16F3NO2/c1-13(5-7-3-2-4-15-7)6-8(14)9(10,11)12/h7-8,14H,2-6H2,1H3. The Labute approximate surface area is 86.8 Å². The molecular weight excluding hydrogens is 211 g/mol. The van der Waals surface area contributed by atoms with Gasteiger partial charge in [0.15, 0.2) is 6.10 Å². The smallest absolute Gasteiger partial charge is 0.382 e. The van der Waals surface area contributed by atoms with E-state index in [1.807, 2.05) is 0 Å². The number of aliphatic hydroxyl groups is 1. The van der Waals surface area contributed by atoms with Gasteiger partial charge in [-0.2, -0.15) is 13.2 Å². The van der Waals surface area contributed by atoms with Gasteiger partial charge in [-0.05, 0) is 19.9 Å². The highest BCUT2D eigenvalue weighted by molar-refractivity contribution is 4.73. The van der Waals surface area contributed by atoms with Crippen molar-refractivity contribution in [2.75, 3.05) is 26.7 Å². The normalized spacial score (nSPS) is 24.8. The largest absolute Gasteiger partial charge is 0.415 e. The molecule has 1 aliphatic heterocycles. The minimum absolute atomic E-state index is 0.00966. The Morgan fingerprint density at radius 3 is 2.67 bits per heavy atom. The summed E-state index contributed by atoms with van der Waals surface area (Å²) in [5, 5.41) is 8.82. The number of aliphatic hydroxyl groups excluding tert-OH is 1. The van der Waals surface area contributed by atoms with Gasteiger partial charge in [0.05, 0.1) is 6.10 Å². The fourth-order valence-corrected chi connectivity index (χ4v) is 1.61. The maximum atomic E-state index is 12.0. The average molecular weight is 227 g/mol. The molecule has 1 N–H and O–H groups in total. The molecule has 0 bridgehead atoms. The second-order valence-corrected chi connectivity index (χ2v) is 3.91. The molecule has 0 aliphatic carbocycles. The Kier molecular flexibility index (Phi) is 4.36. The summed E-state index contributed by atoms with van der Waals surface area (Å²) in [6.45, 7) is 0.719. The molecule has 1 fully saturated rings. The van der Waals surface area contributed by atoms with Crippen molar-refractivity contribution in [1.29, 1.82) is 0 Å². The Hall–Kier alpha value is -0.330. The number of hydrogen-bond donors (Lipinski definition) is 1. The third-order valence-electron chi connectivity index (χ3n) is 2.40. The molecule has 1 heterocycles. The van der Waals surface area contributed by atoms with Crippen molar-refractivity contribution in [2.45, 2.75) is 31.2 Å². The van der Waals surface area contributed by atoms with Crippen molar-refractivity contribution in [2.24, 2.45) is 0 Å². The van der Waals surface area contributed by atoms with Crippen LogP contribution in [0, 0.1) is 0 Å². The Bertz CT molecular complexity index is 192. The SMILES string of the molecule is CN(CC1CCCO1)CC(O)C(F)(F)F. The molecular formula is C9H16F3NO2. The Morgan fingerprint density at radius 1 is 1.53 bits per heavy atom. The lowest BCUT2D eigenvalue weighted by Crippen LogP contribution is -2.41. The van der Waals surface area contributed by atoms with Gasteiger partial charge in [-0.3, -0.25) is 0 Å². The number of rotatable bonds is 4. The fourth-order valence-electron chi connectivity index (χ4n) is 1.61. The van der Waals surface area contributed by atoms with Crippen molar-refractivity contribution in [1.82, 2.24) is 4.90 Å². The Balaban J connectivity index is 2.25. The molecule has 2 unspecified atom stereocenters. The van der Waals surface area contributed by atoms with Crippen molar-refractivity contribution < 1.29 is 23.0 Å². The fraction of sp³-hybridized carbons (Fsp3) is 1.00. The summed E-state index contributed by atoms with van der Waals surface area (Å²) in [6.07, 6.45) is -4.96. The van der Waals surface area contributed by atoms with Crippen LogP contribution in [0.4, 0.5) is 13.2 Å². The van der Waals surface area contributed by atoms with Crippen molar-refractivity contribution >= 4 is 0 Å². The highest BCUT2D eigenvalue weighted by Gasteiger charge is 2.38. The van der Waals surface area contributed by atoms with Crippen molar-refractivity contribution in [3.63, 3.8) is 0 Å². The summed E-state index contributed by atoms with van der Waals surface area (Å²) in [5.41, 5.74) is 0. The lowest BCUT2D eigenvalue weighted by atomic mass is 10.2. The minimum atomic E-state index is -4.54. The first-order valence-electron chi connectivity index (χ1n) is 4.94. The zero-order valence-corrected chi connectivity index (χ0v) is 8.63. The third kappa shape index (κ3) is 4.36. The summed E-state index contributed by atoms with van der Waals surface area (Å²) >= 11 is 0. The third-order valence-corrected chi connectivity index (χ3v) is 2.40. The van der Waals surface area contributed by atoms with E-state index in [2.05, 4.69) is 0 Å². The summed E-state index contributed by atoms with van der Waals surface area (Å²) < 4.78 is 41.3. The van der Waals surface area contributed by atoms with Gasteiger partial charge in [-0.25, -0.2) is 0 Å². The first-order valence-corrected chi connectivity index (χ1v) is 4.94. The summed E-state index contributed by atoms with van der Waals surface area (Å²) in [4.78, 5) is 1.45. The maximum absolute atomic E-state index is 12.0. The van der Waals surface area contributed by atoms with Crippen LogP contribution in [0.25, 0.3) is 0 Å². The summed E-state index contributed by atoms with van der Waals surface area (Å²) in [7, 11) is 1.55. The number of ether oxygens (including phenoxy) is 1. The molecule has 2 atom stereocenters. The second-order valence-electron chi connectivity index (χ2n) is 3.91. The highest BCUT2D eigenvalue weighted by Crippen LogP contribution is 2.21. The molecule has 15 heavy (non-hydrogen) atoms. The van der Waals surface area contributed by atoms with Gasteiger partial charge in [0.1, 0.15) is 0 Å². The van der Waals surface area contributed by atoms with Crippen molar-refractivity contribution in [3.8, 4) is 0 Å². The molecule has 1 rings (SSSR count). The van der Waals surface area contributed by atoms with Crippen LogP contribution in [0.1, 0.15) is 12.8 Å². The molecule has 0 aromatic heterocycles. The van der Waals surface area contributed by atoms with Crippen LogP contribution in [0.15, 0.2) is 0 Å². The average Bonchev–Trinajstić information content (AvgIpc) is 2.54. The number of halogens is 3. The summed E-state index contributed by atoms with van der Waals surface area (Å²) in [5.74, 6) is 0. The van der Waals surface area contributed by atoms with Gasteiger partial charge < -0.3 is 14.7 Å². The van der Waals surface area contributed by atoms with E-state index in [1.54, 1.807) is 7.05 Å². The molecule has 0 spiro atoms. The summed E-state index contributed by atoms with van der Waals surface area (Å²) in [6, 6.07) is 0. The zero-order valence-electron chi connectivity index (χ0n) is 8.63. The zero-order chi connectivity index (χ0) is 11.5. The first kappa shape index (κ1) is 12.7. The monoisotopic (exact) mass is 227 g/mol. The van der Waals surface area contributed by atoms with E-state index in [-0.39, 0.29) is 6.10 Å².